The van der Waals surface area contributed by atoms with Crippen LogP contribution in [0, 0.1) is 11.8 Å². The summed E-state index contributed by atoms with van der Waals surface area (Å²) in [6.07, 6.45) is 2.96. The number of thioether (sulfide) groups is 1. The zero-order valence-corrected chi connectivity index (χ0v) is 20.9. The molecule has 4 nitrogen and oxygen atoms in total. The maximum Gasteiger partial charge on any atom is 0.321 e. The molecule has 0 amide bonds. The molecule has 4 atom stereocenters. The fraction of sp³-hybridized carbons (Fsp3) is 0.692. The Hall–Kier alpha value is -1.49. The topological polar surface area (TPSA) is 41.9 Å². The van der Waals surface area contributed by atoms with Crippen LogP contribution >= 0.6 is 11.8 Å². The molecule has 4 aliphatic rings. The third-order valence-corrected chi connectivity index (χ3v) is 9.85. The summed E-state index contributed by atoms with van der Waals surface area (Å²) in [5.74, 6) is 0.981. The van der Waals surface area contributed by atoms with Gasteiger partial charge in [0.25, 0.3) is 0 Å². The molecule has 0 N–H and O–H groups in total. The van der Waals surface area contributed by atoms with Crippen LogP contribution in [-0.2, 0) is 22.0 Å². The summed E-state index contributed by atoms with van der Waals surface area (Å²) in [7, 11) is 0. The molecule has 168 valence electrons. The molecule has 0 radical (unpaired) electrons. The van der Waals surface area contributed by atoms with Gasteiger partial charge in [-0.15, -0.1) is 11.8 Å². The zero-order chi connectivity index (χ0) is 22.3. The number of hydrogen-bond acceptors (Lipinski definition) is 5. The Labute approximate surface area is 191 Å². The van der Waals surface area contributed by atoms with Gasteiger partial charge in [0.2, 0.25) is 0 Å². The van der Waals surface area contributed by atoms with E-state index in [1.807, 2.05) is 0 Å². The average Bonchev–Trinajstić information content (AvgIpc) is 2.69. The van der Waals surface area contributed by atoms with Gasteiger partial charge >= 0.3 is 5.97 Å². The van der Waals surface area contributed by atoms with E-state index in [0.717, 1.165) is 36.7 Å². The van der Waals surface area contributed by atoms with E-state index in [0.29, 0.717) is 17.6 Å². The zero-order valence-electron chi connectivity index (χ0n) is 20.0. The molecule has 0 aromatic heterocycles. The van der Waals surface area contributed by atoms with Gasteiger partial charge in [0.1, 0.15) is 11.7 Å². The third-order valence-electron chi connectivity index (χ3n) is 8.41. The summed E-state index contributed by atoms with van der Waals surface area (Å²) in [4.78, 5) is 20.8. The van der Waals surface area contributed by atoms with Crippen LogP contribution in [0.4, 0.5) is 5.69 Å². The number of hydrogen-bond donors (Lipinski definition) is 0. The normalized spacial score (nSPS) is 33.2. The Morgan fingerprint density at radius 3 is 2.45 bits per heavy atom. The van der Waals surface area contributed by atoms with Gasteiger partial charge in [-0.05, 0) is 60.1 Å². The second-order valence-electron chi connectivity index (χ2n) is 11.5. The lowest BCUT2D eigenvalue weighted by atomic mass is 9.68. The average molecular weight is 441 g/mol. The molecule has 0 aliphatic carbocycles. The predicted molar refractivity (Wildman–Crippen MR) is 130 cm³/mol. The molecule has 4 unspecified atom stereocenters. The molecule has 4 heterocycles. The quantitative estimate of drug-likeness (QED) is 0.428. The van der Waals surface area contributed by atoms with Crippen LogP contribution in [-0.4, -0.2) is 35.4 Å². The summed E-state index contributed by atoms with van der Waals surface area (Å²) >= 11 is 1.77. The second-order valence-corrected chi connectivity index (χ2v) is 12.9. The lowest BCUT2D eigenvalue weighted by Crippen LogP contribution is -2.46. The van der Waals surface area contributed by atoms with E-state index in [4.69, 9.17) is 9.73 Å². The molecule has 4 aliphatic heterocycles. The minimum absolute atomic E-state index is 0.00201. The highest BCUT2D eigenvalue weighted by atomic mass is 32.2. The smallest absolute Gasteiger partial charge is 0.321 e. The minimum Gasteiger partial charge on any atom is -0.425 e. The number of aliphatic imine (C=N–C) groups is 1. The van der Waals surface area contributed by atoms with E-state index < -0.39 is 0 Å². The third kappa shape index (κ3) is 3.25. The fourth-order valence-corrected chi connectivity index (χ4v) is 7.14. The van der Waals surface area contributed by atoms with Crippen molar-refractivity contribution in [1.29, 1.82) is 0 Å². The molecular formula is C26H36N2O2S. The van der Waals surface area contributed by atoms with Gasteiger partial charge in [-0.1, -0.05) is 41.5 Å². The van der Waals surface area contributed by atoms with Gasteiger partial charge in [0.15, 0.2) is 0 Å². The SMILES string of the molecule is CC1N=C(C2Cc3cc4c5c(c3OC2=O)C(C)(C)CCN5CCC4(C)C)SC(C)C1C. The number of nitrogens with zero attached hydrogens (tertiary/aromatic N) is 2. The number of anilines is 1. The van der Waals surface area contributed by atoms with Crippen LogP contribution in [0.25, 0.3) is 0 Å². The highest BCUT2D eigenvalue weighted by Crippen LogP contribution is 2.55. The monoisotopic (exact) mass is 440 g/mol. The van der Waals surface area contributed by atoms with Crippen molar-refractivity contribution in [3.8, 4) is 5.75 Å². The first kappa shape index (κ1) is 21.4. The molecule has 0 fully saturated rings. The summed E-state index contributed by atoms with van der Waals surface area (Å²) in [6.45, 7) is 18.2. The molecule has 0 saturated heterocycles. The van der Waals surface area contributed by atoms with Crippen molar-refractivity contribution in [2.75, 3.05) is 18.0 Å². The van der Waals surface area contributed by atoms with Gasteiger partial charge in [0, 0.05) is 29.6 Å². The Morgan fingerprint density at radius 1 is 1.10 bits per heavy atom. The second kappa shape index (κ2) is 7.00. The van der Waals surface area contributed by atoms with Gasteiger partial charge < -0.3 is 9.64 Å². The Kier molecular flexibility index (Phi) is 4.82. The van der Waals surface area contributed by atoms with Gasteiger partial charge in [-0.2, -0.15) is 0 Å². The first-order chi connectivity index (χ1) is 14.5. The standard InChI is InChI=1S/C26H36N2O2S/c1-14-15(2)27-23(31-16(14)3)18-12-17-13-19-21-20(22(17)30-24(18)29)26(6,7)9-11-28(21)10-8-25(19,4)5/h13-16,18H,8-12H2,1-7H3. The van der Waals surface area contributed by atoms with Gasteiger partial charge in [-0.25, -0.2) is 0 Å². The van der Waals surface area contributed by atoms with Crippen molar-refractivity contribution in [2.24, 2.45) is 16.8 Å². The maximum atomic E-state index is 13.3. The predicted octanol–water partition coefficient (Wildman–Crippen LogP) is 5.49. The summed E-state index contributed by atoms with van der Waals surface area (Å²) < 4.78 is 6.21. The van der Waals surface area contributed by atoms with Crippen LogP contribution in [0.5, 0.6) is 5.75 Å². The van der Waals surface area contributed by atoms with E-state index in [1.54, 1.807) is 11.8 Å². The largest absolute Gasteiger partial charge is 0.425 e. The van der Waals surface area contributed by atoms with E-state index in [-0.39, 0.29) is 28.8 Å². The first-order valence-electron chi connectivity index (χ1n) is 11.9. The van der Waals surface area contributed by atoms with Crippen molar-refractivity contribution < 1.29 is 9.53 Å². The Morgan fingerprint density at radius 2 is 1.77 bits per heavy atom. The summed E-state index contributed by atoms with van der Waals surface area (Å²) in [5, 5.41) is 1.44. The molecule has 0 bridgehead atoms. The molecule has 0 saturated carbocycles. The lowest BCUT2D eigenvalue weighted by molar-refractivity contribution is -0.137. The molecule has 1 aromatic rings. The van der Waals surface area contributed by atoms with E-state index >= 15 is 0 Å². The van der Waals surface area contributed by atoms with Crippen molar-refractivity contribution in [3.05, 3.63) is 22.8 Å². The number of fused-ring (bicyclic) bond motifs is 2. The van der Waals surface area contributed by atoms with Crippen molar-refractivity contribution >= 4 is 28.5 Å². The first-order valence-corrected chi connectivity index (χ1v) is 12.8. The fourth-order valence-electron chi connectivity index (χ4n) is 5.75. The van der Waals surface area contributed by atoms with E-state index in [1.165, 1.54) is 22.4 Å². The number of esters is 1. The van der Waals surface area contributed by atoms with Crippen molar-refractivity contribution in [3.63, 3.8) is 0 Å². The highest BCUT2D eigenvalue weighted by Gasteiger charge is 2.46. The van der Waals surface area contributed by atoms with Gasteiger partial charge in [0.05, 0.1) is 11.1 Å². The number of rotatable bonds is 1. The molecule has 5 heteroatoms. The van der Waals surface area contributed by atoms with E-state index in [9.17, 15) is 4.79 Å². The Balaban J connectivity index is 1.63. The molecule has 5 rings (SSSR count). The number of ether oxygens (including phenoxy) is 1. The highest BCUT2D eigenvalue weighted by molar-refractivity contribution is 8.14. The molecular weight excluding hydrogens is 404 g/mol. The van der Waals surface area contributed by atoms with Crippen LogP contribution in [0.2, 0.25) is 0 Å². The molecule has 1 aromatic carbocycles. The number of carbonyl (C=O) groups excluding carboxylic acids is 1. The minimum atomic E-state index is -0.269. The van der Waals surface area contributed by atoms with Crippen LogP contribution in [0.3, 0.4) is 0 Å². The van der Waals surface area contributed by atoms with Crippen LogP contribution in [0.1, 0.15) is 78.0 Å². The number of carbonyl (C=O) groups is 1. The maximum absolute atomic E-state index is 13.3. The lowest BCUT2D eigenvalue weighted by Gasteiger charge is -2.49. The van der Waals surface area contributed by atoms with Gasteiger partial charge in [-0.3, -0.25) is 9.79 Å². The molecule has 31 heavy (non-hydrogen) atoms. The Bertz CT molecular complexity index is 978. The van der Waals surface area contributed by atoms with Crippen molar-refractivity contribution in [2.45, 2.75) is 89.9 Å². The van der Waals surface area contributed by atoms with Crippen LogP contribution in [0.15, 0.2) is 11.1 Å². The summed E-state index contributed by atoms with van der Waals surface area (Å²) in [5.41, 5.74) is 5.38. The number of benzene rings is 1. The molecule has 0 spiro atoms. The summed E-state index contributed by atoms with van der Waals surface area (Å²) in [6, 6.07) is 2.61. The van der Waals surface area contributed by atoms with Crippen molar-refractivity contribution in [1.82, 2.24) is 0 Å². The van der Waals surface area contributed by atoms with Crippen LogP contribution < -0.4 is 9.64 Å². The van der Waals surface area contributed by atoms with E-state index in [2.05, 4.69) is 59.4 Å².